The quantitative estimate of drug-likeness (QED) is 0.430. The van der Waals surface area contributed by atoms with Crippen LogP contribution >= 0.6 is 0 Å². The Hall–Kier alpha value is -1.82. The van der Waals surface area contributed by atoms with Crippen LogP contribution in [-0.4, -0.2) is 15.0 Å². The molecule has 3 heterocycles. The molecule has 0 aliphatic carbocycles. The third-order valence-electron chi connectivity index (χ3n) is 2.60. The fourth-order valence-electron chi connectivity index (χ4n) is 1.75. The molecule has 0 unspecified atom stereocenters. The third kappa shape index (κ3) is 7.17. The number of halogens is 1. The molecule has 0 radical (unpaired) electrons. The molecule has 0 aliphatic rings. The van der Waals surface area contributed by atoms with Gasteiger partial charge >= 0.3 is 18.9 Å². The maximum atomic E-state index is 8.49. The third-order valence-corrected chi connectivity index (χ3v) is 2.60. The SMILES string of the molecule is [Li+].[O-][Cl+3]([O-])([O-])[O-].c1ccc(-c2cccc(-c3ccccn3)n2)nc1. The van der Waals surface area contributed by atoms with E-state index in [9.17, 15) is 0 Å². The van der Waals surface area contributed by atoms with E-state index in [4.69, 9.17) is 18.6 Å². The fraction of sp³-hybridized carbons (Fsp3) is 0. The van der Waals surface area contributed by atoms with Crippen molar-refractivity contribution < 1.29 is 47.7 Å². The maximum absolute atomic E-state index is 8.49. The average molecular weight is 340 g/mol. The van der Waals surface area contributed by atoms with Crippen LogP contribution in [0.4, 0.5) is 0 Å². The first-order valence-corrected chi connectivity index (χ1v) is 7.58. The van der Waals surface area contributed by atoms with Crippen molar-refractivity contribution in [1.29, 1.82) is 0 Å². The first kappa shape index (κ1) is 20.2. The summed E-state index contributed by atoms with van der Waals surface area (Å²) >= 11 is 0. The zero-order valence-corrected chi connectivity index (χ0v) is 13.5. The Bertz CT molecular complexity index is 682. The summed E-state index contributed by atoms with van der Waals surface area (Å²) < 4.78 is 34.0. The predicted octanol–water partition coefficient (Wildman–Crippen LogP) is -4.55. The van der Waals surface area contributed by atoms with Gasteiger partial charge in [-0.25, -0.2) is 23.6 Å². The van der Waals surface area contributed by atoms with Gasteiger partial charge in [-0.3, -0.25) is 9.97 Å². The molecule has 0 spiro atoms. The van der Waals surface area contributed by atoms with Gasteiger partial charge < -0.3 is 0 Å². The van der Waals surface area contributed by atoms with E-state index < -0.39 is 10.2 Å². The molecular weight excluding hydrogens is 329 g/mol. The van der Waals surface area contributed by atoms with Crippen molar-refractivity contribution >= 4 is 0 Å². The van der Waals surface area contributed by atoms with Gasteiger partial charge in [0, 0.05) is 12.4 Å². The van der Waals surface area contributed by atoms with Gasteiger partial charge in [0.05, 0.1) is 22.8 Å². The molecule has 7 nitrogen and oxygen atoms in total. The van der Waals surface area contributed by atoms with Crippen molar-refractivity contribution in [2.75, 3.05) is 0 Å². The molecule has 0 N–H and O–H groups in total. The average Bonchev–Trinajstić information content (AvgIpc) is 2.55. The van der Waals surface area contributed by atoms with Gasteiger partial charge in [-0.15, -0.1) is 10.2 Å². The van der Waals surface area contributed by atoms with E-state index in [-0.39, 0.29) is 18.9 Å². The van der Waals surface area contributed by atoms with Crippen molar-refractivity contribution in [3.8, 4) is 22.8 Å². The number of hydrogen-bond donors (Lipinski definition) is 0. The molecule has 0 fully saturated rings. The van der Waals surface area contributed by atoms with Crippen molar-refractivity contribution in [1.82, 2.24) is 15.0 Å². The minimum atomic E-state index is -4.94. The molecular formula is C15H11ClLiN3O4. The van der Waals surface area contributed by atoms with Gasteiger partial charge in [-0.05, 0) is 36.4 Å². The second kappa shape index (κ2) is 9.47. The number of hydrogen-bond acceptors (Lipinski definition) is 7. The Morgan fingerprint density at radius 1 is 0.583 bits per heavy atom. The topological polar surface area (TPSA) is 131 Å². The molecule has 0 amide bonds. The van der Waals surface area contributed by atoms with Crippen molar-refractivity contribution in [3.05, 3.63) is 67.0 Å². The van der Waals surface area contributed by atoms with Crippen molar-refractivity contribution in [2.45, 2.75) is 0 Å². The molecule has 9 heteroatoms. The second-order valence-corrected chi connectivity index (χ2v) is 4.97. The van der Waals surface area contributed by atoms with E-state index in [0.29, 0.717) is 0 Å². The van der Waals surface area contributed by atoms with Crippen LogP contribution in [0.15, 0.2) is 67.0 Å². The Morgan fingerprint density at radius 2 is 0.958 bits per heavy atom. The van der Waals surface area contributed by atoms with Crippen molar-refractivity contribution in [2.24, 2.45) is 0 Å². The molecule has 0 saturated heterocycles. The zero-order valence-electron chi connectivity index (χ0n) is 12.7. The van der Waals surface area contributed by atoms with Crippen LogP contribution in [0, 0.1) is 10.2 Å². The van der Waals surface area contributed by atoms with Gasteiger partial charge in [-0.2, -0.15) is 0 Å². The molecule has 0 aliphatic heterocycles. The van der Waals surface area contributed by atoms with Crippen LogP contribution in [0.3, 0.4) is 0 Å². The van der Waals surface area contributed by atoms with Gasteiger partial charge in [0.25, 0.3) is 0 Å². The second-order valence-electron chi connectivity index (χ2n) is 4.22. The Morgan fingerprint density at radius 3 is 1.29 bits per heavy atom. The molecule has 3 aromatic heterocycles. The molecule has 24 heavy (non-hydrogen) atoms. The molecule has 3 rings (SSSR count). The summed E-state index contributed by atoms with van der Waals surface area (Å²) in [6.45, 7) is 0. The molecule has 118 valence electrons. The van der Waals surface area contributed by atoms with Crippen LogP contribution in [0.25, 0.3) is 22.8 Å². The van der Waals surface area contributed by atoms with E-state index in [0.717, 1.165) is 22.8 Å². The fourth-order valence-corrected chi connectivity index (χ4v) is 1.75. The zero-order chi connectivity index (χ0) is 16.7. The Labute approximate surface area is 152 Å². The summed E-state index contributed by atoms with van der Waals surface area (Å²) in [5.74, 6) is 0. The van der Waals surface area contributed by atoms with E-state index in [1.165, 1.54) is 0 Å². The molecule has 3 aromatic rings. The minimum Gasteiger partial charge on any atom is -0.255 e. The Kier molecular flexibility index (Phi) is 7.98. The molecule has 0 bridgehead atoms. The van der Waals surface area contributed by atoms with Gasteiger partial charge in [0.15, 0.2) is 0 Å². The number of aromatic nitrogens is 3. The number of nitrogens with zero attached hydrogens (tertiary/aromatic N) is 3. The van der Waals surface area contributed by atoms with Crippen molar-refractivity contribution in [3.63, 3.8) is 0 Å². The van der Waals surface area contributed by atoms with Crippen LogP contribution in [0.2, 0.25) is 0 Å². The van der Waals surface area contributed by atoms with Crippen LogP contribution in [0.5, 0.6) is 0 Å². The predicted molar refractivity (Wildman–Crippen MR) is 70.7 cm³/mol. The largest absolute Gasteiger partial charge is 1.00 e. The summed E-state index contributed by atoms with van der Waals surface area (Å²) in [7, 11) is -4.94. The van der Waals surface area contributed by atoms with Gasteiger partial charge in [0.2, 0.25) is 0 Å². The standard InChI is InChI=1S/C15H11N3.ClHO4.Li/c1-3-10-16-12(6-1)14-8-5-9-15(18-14)13-7-2-4-11-17-13;2-1(3,4)5;/h1-11H;(H,2,3,4,5);/q;;+1/p-1. The molecule has 0 aromatic carbocycles. The summed E-state index contributed by atoms with van der Waals surface area (Å²) in [6, 6.07) is 17.5. The summed E-state index contributed by atoms with van der Waals surface area (Å²) in [4.78, 5) is 13.2. The summed E-state index contributed by atoms with van der Waals surface area (Å²) in [5, 5.41) is 0. The number of pyridine rings is 3. The molecule has 0 atom stereocenters. The first-order chi connectivity index (χ1) is 10.9. The van der Waals surface area contributed by atoms with Gasteiger partial charge in [0.1, 0.15) is 0 Å². The van der Waals surface area contributed by atoms with E-state index >= 15 is 0 Å². The smallest absolute Gasteiger partial charge is 0.255 e. The van der Waals surface area contributed by atoms with Crippen LogP contribution in [-0.2, 0) is 0 Å². The van der Waals surface area contributed by atoms with E-state index in [1.807, 2.05) is 54.6 Å². The summed E-state index contributed by atoms with van der Waals surface area (Å²) in [6.07, 6.45) is 3.54. The van der Waals surface area contributed by atoms with Crippen LogP contribution in [0.1, 0.15) is 0 Å². The van der Waals surface area contributed by atoms with E-state index in [1.54, 1.807) is 12.4 Å². The monoisotopic (exact) mass is 339 g/mol. The number of rotatable bonds is 2. The summed E-state index contributed by atoms with van der Waals surface area (Å²) in [5.41, 5.74) is 3.46. The minimum absolute atomic E-state index is 0. The Balaban J connectivity index is 0.000000425. The normalized spacial score (nSPS) is 10.2. The van der Waals surface area contributed by atoms with Gasteiger partial charge in [-0.1, -0.05) is 18.2 Å². The van der Waals surface area contributed by atoms with E-state index in [2.05, 4.69) is 15.0 Å². The van der Waals surface area contributed by atoms with Crippen LogP contribution < -0.4 is 37.5 Å². The molecule has 0 saturated carbocycles. The first-order valence-electron chi connectivity index (χ1n) is 6.35. The maximum Gasteiger partial charge on any atom is 1.00 e.